The minimum Gasteiger partial charge on any atom is -0.481 e. The second-order valence-electron chi connectivity index (χ2n) is 3.52. The van der Waals surface area contributed by atoms with Gasteiger partial charge in [0.1, 0.15) is 0 Å². The van der Waals surface area contributed by atoms with E-state index in [1.54, 1.807) is 0 Å². The highest BCUT2D eigenvalue weighted by molar-refractivity contribution is 5.67. The molecule has 1 N–H and O–H groups in total. The first-order valence-corrected chi connectivity index (χ1v) is 4.81. The molecule has 0 spiro atoms. The molecule has 0 aromatic carbocycles. The number of rotatable bonds is 4. The van der Waals surface area contributed by atoms with E-state index < -0.39 is 5.97 Å². The molecule has 1 heterocycles. The van der Waals surface area contributed by atoms with Gasteiger partial charge in [-0.05, 0) is 19.3 Å². The van der Waals surface area contributed by atoms with Crippen LogP contribution in [0.1, 0.15) is 32.6 Å². The second kappa shape index (κ2) is 4.30. The van der Waals surface area contributed by atoms with Gasteiger partial charge in [-0.25, -0.2) is 0 Å². The Morgan fingerprint density at radius 3 is 2.85 bits per heavy atom. The number of carboxylic acid groups (broad SMARTS) is 1. The standard InChI is InChI=1S/C10H17NO2/c1-3-9(7-10(12)13)11-6-4-5-8(11)2/h9H,2-7H2,1H3,(H,12,13). The topological polar surface area (TPSA) is 40.5 Å². The number of hydrogen-bond acceptors (Lipinski definition) is 2. The summed E-state index contributed by atoms with van der Waals surface area (Å²) in [6.45, 7) is 6.95. The second-order valence-corrected chi connectivity index (χ2v) is 3.52. The van der Waals surface area contributed by atoms with Crippen LogP contribution in [0.15, 0.2) is 12.3 Å². The summed E-state index contributed by atoms with van der Waals surface area (Å²) in [5.74, 6) is -0.716. The Kier molecular flexibility index (Phi) is 3.34. The highest BCUT2D eigenvalue weighted by atomic mass is 16.4. The van der Waals surface area contributed by atoms with E-state index in [-0.39, 0.29) is 12.5 Å². The van der Waals surface area contributed by atoms with Crippen molar-refractivity contribution in [2.45, 2.75) is 38.6 Å². The third-order valence-corrected chi connectivity index (χ3v) is 2.59. The van der Waals surface area contributed by atoms with Crippen LogP contribution >= 0.6 is 0 Å². The molecule has 1 fully saturated rings. The average molecular weight is 183 g/mol. The zero-order valence-corrected chi connectivity index (χ0v) is 8.12. The molecule has 0 bridgehead atoms. The van der Waals surface area contributed by atoms with Crippen LogP contribution in [0, 0.1) is 0 Å². The van der Waals surface area contributed by atoms with Crippen LogP contribution < -0.4 is 0 Å². The number of likely N-dealkylation sites (tertiary alicyclic amines) is 1. The molecule has 1 atom stereocenters. The van der Waals surface area contributed by atoms with Gasteiger partial charge in [-0.1, -0.05) is 13.5 Å². The smallest absolute Gasteiger partial charge is 0.305 e. The van der Waals surface area contributed by atoms with Crippen LogP contribution in [0.4, 0.5) is 0 Å². The molecule has 1 rings (SSSR count). The van der Waals surface area contributed by atoms with Crippen LogP contribution in [-0.4, -0.2) is 28.6 Å². The lowest BCUT2D eigenvalue weighted by molar-refractivity contribution is -0.138. The summed E-state index contributed by atoms with van der Waals surface area (Å²) in [6, 6.07) is 0.146. The van der Waals surface area contributed by atoms with E-state index in [1.807, 2.05) is 6.92 Å². The van der Waals surface area contributed by atoms with Crippen molar-refractivity contribution in [3.8, 4) is 0 Å². The third-order valence-electron chi connectivity index (χ3n) is 2.59. The van der Waals surface area contributed by atoms with Gasteiger partial charge in [-0.3, -0.25) is 4.79 Å². The maximum atomic E-state index is 10.6. The van der Waals surface area contributed by atoms with E-state index in [9.17, 15) is 4.79 Å². The molecule has 1 aliphatic heterocycles. The monoisotopic (exact) mass is 183 g/mol. The Morgan fingerprint density at radius 1 is 1.77 bits per heavy atom. The quantitative estimate of drug-likeness (QED) is 0.723. The van der Waals surface area contributed by atoms with Gasteiger partial charge in [0.05, 0.1) is 6.42 Å². The first-order valence-electron chi connectivity index (χ1n) is 4.81. The Morgan fingerprint density at radius 2 is 2.46 bits per heavy atom. The van der Waals surface area contributed by atoms with Crippen molar-refractivity contribution in [3.63, 3.8) is 0 Å². The minimum atomic E-state index is -0.716. The molecule has 0 amide bonds. The molecule has 1 unspecified atom stereocenters. The summed E-state index contributed by atoms with van der Waals surface area (Å²) in [5, 5.41) is 8.71. The average Bonchev–Trinajstić information content (AvgIpc) is 2.47. The predicted molar refractivity (Wildman–Crippen MR) is 51.4 cm³/mol. The molecule has 0 aromatic heterocycles. The van der Waals surface area contributed by atoms with Crippen molar-refractivity contribution in [1.29, 1.82) is 0 Å². The first kappa shape index (κ1) is 10.1. The Hall–Kier alpha value is -0.990. The molecule has 3 nitrogen and oxygen atoms in total. The fraction of sp³-hybridized carbons (Fsp3) is 0.700. The van der Waals surface area contributed by atoms with Gasteiger partial charge in [0.2, 0.25) is 0 Å². The van der Waals surface area contributed by atoms with Crippen molar-refractivity contribution in [2.24, 2.45) is 0 Å². The number of carboxylic acids is 1. The van der Waals surface area contributed by atoms with Crippen LogP contribution in [0.5, 0.6) is 0 Å². The van der Waals surface area contributed by atoms with Gasteiger partial charge >= 0.3 is 5.97 Å². The van der Waals surface area contributed by atoms with Crippen molar-refractivity contribution < 1.29 is 9.90 Å². The summed E-state index contributed by atoms with van der Waals surface area (Å²) >= 11 is 0. The van der Waals surface area contributed by atoms with Gasteiger partial charge in [0.25, 0.3) is 0 Å². The van der Waals surface area contributed by atoms with Gasteiger partial charge in [0.15, 0.2) is 0 Å². The minimum absolute atomic E-state index is 0.146. The van der Waals surface area contributed by atoms with E-state index in [0.717, 1.165) is 31.5 Å². The molecular formula is C10H17NO2. The molecule has 3 heteroatoms. The van der Waals surface area contributed by atoms with Crippen molar-refractivity contribution in [2.75, 3.05) is 6.54 Å². The lowest BCUT2D eigenvalue weighted by Crippen LogP contribution is -2.32. The molecule has 13 heavy (non-hydrogen) atoms. The summed E-state index contributed by atoms with van der Waals surface area (Å²) in [7, 11) is 0. The zero-order valence-electron chi connectivity index (χ0n) is 8.12. The maximum Gasteiger partial charge on any atom is 0.305 e. The zero-order chi connectivity index (χ0) is 9.84. The Balaban J connectivity index is 2.54. The number of carbonyl (C=O) groups is 1. The van der Waals surface area contributed by atoms with Crippen LogP contribution in [0.3, 0.4) is 0 Å². The number of hydrogen-bond donors (Lipinski definition) is 1. The van der Waals surface area contributed by atoms with Crippen LogP contribution in [0.2, 0.25) is 0 Å². The Labute approximate surface area is 79.0 Å². The largest absolute Gasteiger partial charge is 0.481 e. The van der Waals surface area contributed by atoms with E-state index in [2.05, 4.69) is 11.5 Å². The van der Waals surface area contributed by atoms with Gasteiger partial charge in [0, 0.05) is 18.3 Å². The van der Waals surface area contributed by atoms with Gasteiger partial charge in [-0.2, -0.15) is 0 Å². The molecule has 0 aliphatic carbocycles. The number of allylic oxidation sites excluding steroid dienone is 1. The lowest BCUT2D eigenvalue weighted by atomic mass is 10.1. The number of nitrogens with zero attached hydrogens (tertiary/aromatic N) is 1. The third kappa shape index (κ3) is 2.47. The fourth-order valence-corrected chi connectivity index (χ4v) is 1.87. The molecule has 74 valence electrons. The van der Waals surface area contributed by atoms with Crippen LogP contribution in [0.25, 0.3) is 0 Å². The highest BCUT2D eigenvalue weighted by Crippen LogP contribution is 2.24. The maximum absolute atomic E-state index is 10.6. The normalized spacial score (nSPS) is 19.2. The highest BCUT2D eigenvalue weighted by Gasteiger charge is 2.24. The first-order chi connectivity index (χ1) is 6.15. The molecular weight excluding hydrogens is 166 g/mol. The lowest BCUT2D eigenvalue weighted by Gasteiger charge is -2.28. The van der Waals surface area contributed by atoms with Gasteiger partial charge < -0.3 is 10.0 Å². The van der Waals surface area contributed by atoms with Crippen molar-refractivity contribution >= 4 is 5.97 Å². The van der Waals surface area contributed by atoms with E-state index in [0.29, 0.717) is 0 Å². The van der Waals surface area contributed by atoms with Gasteiger partial charge in [-0.15, -0.1) is 0 Å². The SMILES string of the molecule is C=C1CCCN1C(CC)CC(=O)O. The molecule has 0 saturated carbocycles. The molecule has 1 aliphatic rings. The Bertz CT molecular complexity index is 213. The van der Waals surface area contributed by atoms with E-state index in [1.165, 1.54) is 0 Å². The summed E-state index contributed by atoms with van der Waals surface area (Å²) < 4.78 is 0. The molecule has 0 radical (unpaired) electrons. The van der Waals surface area contributed by atoms with E-state index in [4.69, 9.17) is 5.11 Å². The van der Waals surface area contributed by atoms with E-state index >= 15 is 0 Å². The number of aliphatic carboxylic acids is 1. The van der Waals surface area contributed by atoms with Crippen molar-refractivity contribution in [1.82, 2.24) is 4.90 Å². The summed E-state index contributed by atoms with van der Waals surface area (Å²) in [5.41, 5.74) is 1.10. The molecule has 0 aromatic rings. The predicted octanol–water partition coefficient (Wildman–Crippen LogP) is 1.85. The van der Waals surface area contributed by atoms with Crippen LogP contribution in [-0.2, 0) is 4.79 Å². The van der Waals surface area contributed by atoms with Crippen molar-refractivity contribution in [3.05, 3.63) is 12.3 Å². The summed E-state index contributed by atoms with van der Waals surface area (Å²) in [6.07, 6.45) is 3.26. The fourth-order valence-electron chi connectivity index (χ4n) is 1.87. The summed E-state index contributed by atoms with van der Waals surface area (Å²) in [4.78, 5) is 12.7. The molecule has 1 saturated heterocycles.